The van der Waals surface area contributed by atoms with Gasteiger partial charge in [0, 0.05) is 18.0 Å². The van der Waals surface area contributed by atoms with Gasteiger partial charge in [-0.3, -0.25) is 14.2 Å². The van der Waals surface area contributed by atoms with Crippen molar-refractivity contribution in [2.24, 2.45) is 7.05 Å². The van der Waals surface area contributed by atoms with Crippen LogP contribution in [0.1, 0.15) is 0 Å². The molecule has 0 amide bonds. The molecule has 5 rings (SSSR count). The second kappa shape index (κ2) is 6.97. The van der Waals surface area contributed by atoms with Gasteiger partial charge in [0.2, 0.25) is 5.43 Å². The molecule has 0 spiro atoms. The highest BCUT2D eigenvalue weighted by atomic mass is 35.5. The van der Waals surface area contributed by atoms with Crippen LogP contribution in [0.15, 0.2) is 88.5 Å². The molecular weight excluding hydrogens is 398 g/mol. The van der Waals surface area contributed by atoms with Gasteiger partial charge in [0.25, 0.3) is 5.56 Å². The van der Waals surface area contributed by atoms with Crippen molar-refractivity contribution in [2.45, 2.75) is 0 Å². The zero-order valence-electron chi connectivity index (χ0n) is 16.0. The van der Waals surface area contributed by atoms with Gasteiger partial charge < -0.3 is 4.57 Å². The Bertz CT molecular complexity index is 1550. The number of halogens is 1. The Morgan fingerprint density at radius 1 is 0.833 bits per heavy atom. The molecule has 0 radical (unpaired) electrons. The standard InChI is InChI=1S/C24H16ClN3O2/c1-27-19-14-8-6-12-17(19)21(29)20-23(27)26-22(16-11-5-7-13-18(16)25)28(24(20)30)15-9-3-2-4-10-15/h2-14H,1H3. The number of nitrogens with zero attached hydrogens (tertiary/aromatic N) is 3. The van der Waals surface area contributed by atoms with Crippen LogP contribution in [0, 0.1) is 0 Å². The van der Waals surface area contributed by atoms with E-state index in [2.05, 4.69) is 0 Å². The molecule has 0 atom stereocenters. The van der Waals surface area contributed by atoms with Gasteiger partial charge in [-0.25, -0.2) is 4.98 Å². The molecule has 0 aliphatic carbocycles. The predicted octanol–water partition coefficient (Wildman–Crippen LogP) is 4.56. The third-order valence-electron chi connectivity index (χ3n) is 5.25. The smallest absolute Gasteiger partial charge is 0.271 e. The number of fused-ring (bicyclic) bond motifs is 2. The molecule has 0 saturated carbocycles. The Balaban J connectivity index is 2.05. The van der Waals surface area contributed by atoms with Crippen molar-refractivity contribution < 1.29 is 0 Å². The van der Waals surface area contributed by atoms with Crippen molar-refractivity contribution in [2.75, 3.05) is 0 Å². The highest BCUT2D eigenvalue weighted by Gasteiger charge is 2.21. The minimum absolute atomic E-state index is 0.0517. The molecule has 0 N–H and O–H groups in total. The van der Waals surface area contributed by atoms with Gasteiger partial charge in [0.1, 0.15) is 5.39 Å². The normalized spacial score (nSPS) is 11.3. The number of hydrogen-bond acceptors (Lipinski definition) is 3. The van der Waals surface area contributed by atoms with Crippen LogP contribution in [0.3, 0.4) is 0 Å². The fourth-order valence-electron chi connectivity index (χ4n) is 3.80. The second-order valence-corrected chi connectivity index (χ2v) is 7.40. The van der Waals surface area contributed by atoms with E-state index in [-0.39, 0.29) is 10.8 Å². The molecule has 2 heterocycles. The van der Waals surface area contributed by atoms with E-state index < -0.39 is 5.56 Å². The summed E-state index contributed by atoms with van der Waals surface area (Å²) in [6, 6.07) is 23.6. The van der Waals surface area contributed by atoms with Crippen LogP contribution in [-0.2, 0) is 7.05 Å². The van der Waals surface area contributed by atoms with Gasteiger partial charge in [-0.05, 0) is 36.4 Å². The van der Waals surface area contributed by atoms with E-state index in [1.54, 1.807) is 41.9 Å². The van der Waals surface area contributed by atoms with E-state index in [1.165, 1.54) is 4.57 Å². The molecule has 30 heavy (non-hydrogen) atoms. The van der Waals surface area contributed by atoms with Gasteiger partial charge in [-0.15, -0.1) is 0 Å². The summed E-state index contributed by atoms with van der Waals surface area (Å²) in [6.45, 7) is 0. The van der Waals surface area contributed by atoms with Crippen molar-refractivity contribution in [3.8, 4) is 17.1 Å². The van der Waals surface area contributed by atoms with Crippen LogP contribution < -0.4 is 11.0 Å². The molecule has 0 aliphatic heterocycles. The van der Waals surface area contributed by atoms with Gasteiger partial charge in [-0.1, -0.05) is 54.1 Å². The molecule has 0 unspecified atom stereocenters. The maximum atomic E-state index is 13.7. The molecule has 0 aliphatic rings. The number of rotatable bonds is 2. The molecule has 0 bridgehead atoms. The third kappa shape index (κ3) is 2.67. The van der Waals surface area contributed by atoms with E-state index in [0.717, 1.165) is 0 Å². The number of hydrogen-bond donors (Lipinski definition) is 0. The first-order valence-electron chi connectivity index (χ1n) is 9.43. The van der Waals surface area contributed by atoms with Gasteiger partial charge in [0.15, 0.2) is 11.5 Å². The molecular formula is C24H16ClN3O2. The van der Waals surface area contributed by atoms with Crippen LogP contribution in [0.5, 0.6) is 0 Å². The average Bonchev–Trinajstić information content (AvgIpc) is 2.78. The molecule has 5 nitrogen and oxygen atoms in total. The Labute approximate surface area is 176 Å². The average molecular weight is 414 g/mol. The maximum Gasteiger partial charge on any atom is 0.271 e. The van der Waals surface area contributed by atoms with Crippen LogP contribution in [0.4, 0.5) is 0 Å². The summed E-state index contributed by atoms with van der Waals surface area (Å²) in [5, 5.41) is 1.01. The van der Waals surface area contributed by atoms with Crippen LogP contribution >= 0.6 is 11.6 Å². The lowest BCUT2D eigenvalue weighted by molar-refractivity contribution is 0.924. The first-order chi connectivity index (χ1) is 14.6. The van der Waals surface area contributed by atoms with Crippen molar-refractivity contribution in [3.63, 3.8) is 0 Å². The number of aromatic nitrogens is 3. The second-order valence-electron chi connectivity index (χ2n) is 7.00. The van der Waals surface area contributed by atoms with Gasteiger partial charge >= 0.3 is 0 Å². The number of aryl methyl sites for hydroxylation is 1. The zero-order chi connectivity index (χ0) is 20.8. The summed E-state index contributed by atoms with van der Waals surface area (Å²) < 4.78 is 3.24. The molecule has 146 valence electrons. The molecule has 0 saturated heterocycles. The van der Waals surface area contributed by atoms with Crippen LogP contribution in [0.2, 0.25) is 5.02 Å². The van der Waals surface area contributed by atoms with Crippen molar-refractivity contribution in [1.29, 1.82) is 0 Å². The van der Waals surface area contributed by atoms with Crippen molar-refractivity contribution in [1.82, 2.24) is 14.1 Å². The molecule has 0 fully saturated rings. The molecule has 6 heteroatoms. The zero-order valence-corrected chi connectivity index (χ0v) is 16.8. The summed E-state index contributed by atoms with van der Waals surface area (Å²) >= 11 is 6.46. The predicted molar refractivity (Wildman–Crippen MR) is 121 cm³/mol. The minimum Gasteiger partial charge on any atom is -0.328 e. The minimum atomic E-state index is -0.424. The van der Waals surface area contributed by atoms with E-state index in [9.17, 15) is 9.59 Å². The lowest BCUT2D eigenvalue weighted by Gasteiger charge is -2.16. The summed E-state index contributed by atoms with van der Waals surface area (Å²) in [5.41, 5.74) is 1.51. The number of para-hydroxylation sites is 2. The Morgan fingerprint density at radius 2 is 1.50 bits per heavy atom. The largest absolute Gasteiger partial charge is 0.328 e. The monoisotopic (exact) mass is 413 g/mol. The molecule has 3 aromatic carbocycles. The number of benzene rings is 3. The summed E-state index contributed by atoms with van der Waals surface area (Å²) in [4.78, 5) is 31.8. The summed E-state index contributed by atoms with van der Waals surface area (Å²) in [6.07, 6.45) is 0. The topological polar surface area (TPSA) is 56.9 Å². The highest BCUT2D eigenvalue weighted by Crippen LogP contribution is 2.28. The van der Waals surface area contributed by atoms with E-state index in [4.69, 9.17) is 16.6 Å². The van der Waals surface area contributed by atoms with Gasteiger partial charge in [0.05, 0.1) is 16.2 Å². The quantitative estimate of drug-likeness (QED) is 0.399. The van der Waals surface area contributed by atoms with E-state index in [1.807, 2.05) is 48.5 Å². The summed E-state index contributed by atoms with van der Waals surface area (Å²) in [7, 11) is 1.81. The first kappa shape index (κ1) is 18.3. The van der Waals surface area contributed by atoms with Crippen molar-refractivity contribution in [3.05, 3.63) is 104 Å². The third-order valence-corrected chi connectivity index (χ3v) is 5.58. The Morgan fingerprint density at radius 3 is 2.27 bits per heavy atom. The number of pyridine rings is 1. The van der Waals surface area contributed by atoms with Crippen LogP contribution in [0.25, 0.3) is 39.0 Å². The fraction of sp³-hybridized carbons (Fsp3) is 0.0417. The van der Waals surface area contributed by atoms with Crippen LogP contribution in [-0.4, -0.2) is 14.1 Å². The van der Waals surface area contributed by atoms with Gasteiger partial charge in [-0.2, -0.15) is 0 Å². The Kier molecular flexibility index (Phi) is 4.26. The molecule has 2 aromatic heterocycles. The first-order valence-corrected chi connectivity index (χ1v) is 9.80. The Hall–Kier alpha value is -3.70. The molecule has 5 aromatic rings. The highest BCUT2D eigenvalue weighted by molar-refractivity contribution is 6.33. The van der Waals surface area contributed by atoms with Crippen molar-refractivity contribution >= 4 is 33.5 Å². The van der Waals surface area contributed by atoms with E-state index >= 15 is 0 Å². The maximum absolute atomic E-state index is 13.7. The van der Waals surface area contributed by atoms with E-state index in [0.29, 0.717) is 38.6 Å². The lowest BCUT2D eigenvalue weighted by atomic mass is 10.1. The summed E-state index contributed by atoms with van der Waals surface area (Å²) in [5.74, 6) is 0.384. The fourth-order valence-corrected chi connectivity index (χ4v) is 4.02. The lowest BCUT2D eigenvalue weighted by Crippen LogP contribution is -2.28. The SMILES string of the molecule is Cn1c2ccccc2c(=O)c2c(=O)n(-c3ccccc3)c(-c3ccccc3Cl)nc21.